The van der Waals surface area contributed by atoms with Gasteiger partial charge in [0.2, 0.25) is 0 Å². The molecule has 0 aliphatic heterocycles. The van der Waals surface area contributed by atoms with Gasteiger partial charge < -0.3 is 9.64 Å². The van der Waals surface area contributed by atoms with Crippen molar-refractivity contribution in [2.75, 3.05) is 13.7 Å². The van der Waals surface area contributed by atoms with Gasteiger partial charge in [0.15, 0.2) is 6.61 Å². The highest BCUT2D eigenvalue weighted by atomic mass is 35.5. The third kappa shape index (κ3) is 4.51. The van der Waals surface area contributed by atoms with Crippen LogP contribution in [0.25, 0.3) is 0 Å². The molecule has 0 atom stereocenters. The molecule has 1 aromatic heterocycles. The van der Waals surface area contributed by atoms with Crippen LogP contribution in [0.15, 0.2) is 30.3 Å². The predicted molar refractivity (Wildman–Crippen MR) is 87.8 cm³/mol. The second-order valence-corrected chi connectivity index (χ2v) is 6.88. The summed E-state index contributed by atoms with van der Waals surface area (Å²) in [5.41, 5.74) is 0. The number of ether oxygens (including phenoxy) is 1. The Kier molecular flexibility index (Phi) is 5.76. The van der Waals surface area contributed by atoms with Crippen LogP contribution >= 0.6 is 46.1 Å². The zero-order valence-electron chi connectivity index (χ0n) is 11.1. The maximum Gasteiger partial charge on any atom is 0.260 e. The van der Waals surface area contributed by atoms with E-state index in [0.717, 1.165) is 4.88 Å². The van der Waals surface area contributed by atoms with Crippen molar-refractivity contribution in [2.45, 2.75) is 6.54 Å². The lowest BCUT2D eigenvalue weighted by atomic mass is 10.3. The number of carbonyl (C=O) groups excluding carboxylic acids is 1. The van der Waals surface area contributed by atoms with Crippen LogP contribution in [0.2, 0.25) is 14.4 Å². The largest absolute Gasteiger partial charge is 0.482 e. The molecule has 1 heterocycles. The summed E-state index contributed by atoms with van der Waals surface area (Å²) in [6.07, 6.45) is 0. The molecule has 0 unspecified atom stereocenters. The lowest BCUT2D eigenvalue weighted by Crippen LogP contribution is -2.30. The lowest BCUT2D eigenvalue weighted by molar-refractivity contribution is -0.132. The quantitative estimate of drug-likeness (QED) is 0.766. The van der Waals surface area contributed by atoms with E-state index in [-0.39, 0.29) is 12.5 Å². The highest BCUT2D eigenvalue weighted by Crippen LogP contribution is 2.31. The second kappa shape index (κ2) is 7.36. The van der Waals surface area contributed by atoms with Crippen molar-refractivity contribution in [3.05, 3.63) is 49.6 Å². The number of nitrogens with zero attached hydrogens (tertiary/aromatic N) is 1. The van der Waals surface area contributed by atoms with Gasteiger partial charge in [0.05, 0.1) is 15.9 Å². The van der Waals surface area contributed by atoms with E-state index < -0.39 is 0 Å². The minimum atomic E-state index is -0.157. The van der Waals surface area contributed by atoms with Crippen molar-refractivity contribution >= 4 is 52.0 Å². The lowest BCUT2D eigenvalue weighted by Gasteiger charge is -2.17. The highest BCUT2D eigenvalue weighted by Gasteiger charge is 2.13. The van der Waals surface area contributed by atoms with E-state index in [0.29, 0.717) is 26.7 Å². The number of benzene rings is 1. The number of amides is 1. The maximum absolute atomic E-state index is 12.0. The fourth-order valence-electron chi connectivity index (χ4n) is 1.60. The number of thiophene rings is 1. The molecule has 0 fully saturated rings. The fraction of sp³-hybridized carbons (Fsp3) is 0.214. The Hall–Kier alpha value is -0.940. The van der Waals surface area contributed by atoms with Gasteiger partial charge in [-0.2, -0.15) is 0 Å². The first-order valence-corrected chi connectivity index (χ1v) is 7.97. The normalized spacial score (nSPS) is 10.5. The monoisotopic (exact) mass is 363 g/mol. The Morgan fingerprint density at radius 1 is 1.24 bits per heavy atom. The van der Waals surface area contributed by atoms with E-state index in [2.05, 4.69) is 0 Å². The molecule has 0 saturated carbocycles. The van der Waals surface area contributed by atoms with Crippen LogP contribution in [0.1, 0.15) is 4.88 Å². The second-order valence-electron chi connectivity index (χ2n) is 4.30. The molecule has 7 heteroatoms. The highest BCUT2D eigenvalue weighted by molar-refractivity contribution is 7.16. The third-order valence-electron chi connectivity index (χ3n) is 2.71. The van der Waals surface area contributed by atoms with Crippen molar-refractivity contribution in [2.24, 2.45) is 0 Å². The summed E-state index contributed by atoms with van der Waals surface area (Å²) in [5.74, 6) is 0.237. The molecule has 0 radical (unpaired) electrons. The summed E-state index contributed by atoms with van der Waals surface area (Å²) in [7, 11) is 1.71. The summed E-state index contributed by atoms with van der Waals surface area (Å²) < 4.78 is 6.11. The van der Waals surface area contributed by atoms with Crippen LogP contribution in [0, 0.1) is 0 Å². The van der Waals surface area contributed by atoms with E-state index in [9.17, 15) is 4.79 Å². The maximum atomic E-state index is 12.0. The summed E-state index contributed by atoms with van der Waals surface area (Å²) in [6.45, 7) is 0.387. The molecule has 2 aromatic rings. The summed E-state index contributed by atoms with van der Waals surface area (Å²) in [4.78, 5) is 14.6. The molecule has 0 aliphatic carbocycles. The summed E-state index contributed by atoms with van der Waals surface area (Å²) in [5, 5.41) is 0.697. The van der Waals surface area contributed by atoms with E-state index in [4.69, 9.17) is 39.5 Å². The zero-order chi connectivity index (χ0) is 15.4. The minimum Gasteiger partial charge on any atom is -0.482 e. The third-order valence-corrected chi connectivity index (χ3v) is 4.73. The average molecular weight is 365 g/mol. The molecule has 2 rings (SSSR count). The molecule has 1 amide bonds. The van der Waals surface area contributed by atoms with Crippen molar-refractivity contribution < 1.29 is 9.53 Å². The van der Waals surface area contributed by atoms with E-state index in [1.165, 1.54) is 11.3 Å². The standard InChI is InChI=1S/C14H12Cl3NO2S/c1-18(7-9-5-6-12(16)21-9)13(19)8-20-11-4-2-3-10(15)14(11)17/h2-6H,7-8H2,1H3. The summed E-state index contributed by atoms with van der Waals surface area (Å²) >= 11 is 19.2. The van der Waals surface area contributed by atoms with Gasteiger partial charge >= 0.3 is 0 Å². The number of rotatable bonds is 5. The Morgan fingerprint density at radius 2 is 2.00 bits per heavy atom. The van der Waals surface area contributed by atoms with Gasteiger partial charge in [-0.05, 0) is 24.3 Å². The fourth-order valence-corrected chi connectivity index (χ4v) is 3.09. The van der Waals surface area contributed by atoms with Crippen molar-refractivity contribution in [1.82, 2.24) is 4.90 Å². The Morgan fingerprint density at radius 3 is 2.67 bits per heavy atom. The summed E-state index contributed by atoms with van der Waals surface area (Å²) in [6, 6.07) is 8.74. The van der Waals surface area contributed by atoms with E-state index in [1.54, 1.807) is 30.1 Å². The van der Waals surface area contributed by atoms with Gasteiger partial charge in [-0.3, -0.25) is 4.79 Å². The van der Waals surface area contributed by atoms with Gasteiger partial charge in [-0.15, -0.1) is 11.3 Å². The zero-order valence-corrected chi connectivity index (χ0v) is 14.2. The molecule has 21 heavy (non-hydrogen) atoms. The van der Waals surface area contributed by atoms with Crippen LogP contribution in [0.3, 0.4) is 0 Å². The molecule has 1 aromatic carbocycles. The number of hydrogen-bond acceptors (Lipinski definition) is 3. The molecule has 112 valence electrons. The molecule has 0 N–H and O–H groups in total. The van der Waals surface area contributed by atoms with Crippen LogP contribution in [0.4, 0.5) is 0 Å². The molecule has 0 bridgehead atoms. The molecule has 0 saturated heterocycles. The number of likely N-dealkylation sites (N-methyl/N-ethyl adjacent to an activating group) is 1. The molecule has 0 spiro atoms. The van der Waals surface area contributed by atoms with Gasteiger partial charge in [0.1, 0.15) is 10.8 Å². The number of hydrogen-bond donors (Lipinski definition) is 0. The number of halogens is 3. The molecular weight excluding hydrogens is 353 g/mol. The van der Waals surface area contributed by atoms with Crippen molar-refractivity contribution in [3.63, 3.8) is 0 Å². The average Bonchev–Trinajstić information content (AvgIpc) is 2.85. The smallest absolute Gasteiger partial charge is 0.260 e. The van der Waals surface area contributed by atoms with Gasteiger partial charge in [0.25, 0.3) is 5.91 Å². The van der Waals surface area contributed by atoms with Crippen molar-refractivity contribution in [3.8, 4) is 5.75 Å². The van der Waals surface area contributed by atoms with Crippen molar-refractivity contribution in [1.29, 1.82) is 0 Å². The van der Waals surface area contributed by atoms with Crippen LogP contribution in [-0.4, -0.2) is 24.5 Å². The Balaban J connectivity index is 1.90. The SMILES string of the molecule is CN(Cc1ccc(Cl)s1)C(=O)COc1cccc(Cl)c1Cl. The van der Waals surface area contributed by atoms with Gasteiger partial charge in [0, 0.05) is 11.9 Å². The topological polar surface area (TPSA) is 29.5 Å². The molecular formula is C14H12Cl3NO2S. The predicted octanol–water partition coefficient (Wildman–Crippen LogP) is 4.75. The molecule has 0 aliphatic rings. The van der Waals surface area contributed by atoms with E-state index in [1.807, 2.05) is 12.1 Å². The Labute approximate surface area is 142 Å². The Bertz CT molecular complexity index is 645. The first kappa shape index (κ1) is 16.4. The number of carbonyl (C=O) groups is 1. The van der Waals surface area contributed by atoms with E-state index >= 15 is 0 Å². The van der Waals surface area contributed by atoms with Crippen LogP contribution < -0.4 is 4.74 Å². The van der Waals surface area contributed by atoms with Crippen LogP contribution in [0.5, 0.6) is 5.75 Å². The first-order chi connectivity index (χ1) is 9.97. The van der Waals surface area contributed by atoms with Crippen LogP contribution in [-0.2, 0) is 11.3 Å². The first-order valence-electron chi connectivity index (χ1n) is 6.02. The van der Waals surface area contributed by atoms with Gasteiger partial charge in [-0.25, -0.2) is 0 Å². The van der Waals surface area contributed by atoms with Gasteiger partial charge in [-0.1, -0.05) is 40.9 Å². The minimum absolute atomic E-state index is 0.102. The molecule has 3 nitrogen and oxygen atoms in total.